The summed E-state index contributed by atoms with van der Waals surface area (Å²) in [4.78, 5) is 0. The predicted molar refractivity (Wildman–Crippen MR) is 81.9 cm³/mol. The first kappa shape index (κ1) is 16.2. The minimum atomic E-state index is -0.317. The molecule has 0 amide bonds. The lowest BCUT2D eigenvalue weighted by Gasteiger charge is -2.27. The van der Waals surface area contributed by atoms with Crippen molar-refractivity contribution in [2.45, 2.75) is 51.2 Å². The molecule has 1 aliphatic rings. The zero-order chi connectivity index (χ0) is 15.1. The molecule has 21 heavy (non-hydrogen) atoms. The number of halogens is 1. The molecule has 1 aromatic rings. The third-order valence-corrected chi connectivity index (χ3v) is 4.34. The molecular weight excluding hydrogens is 269 g/mol. The molecule has 0 aliphatic heterocycles. The zero-order valence-electron chi connectivity index (χ0n) is 12.8. The number of aliphatic hydroxyl groups excluding tert-OH is 1. The smallest absolute Gasteiger partial charge is 0.165 e. The Hall–Kier alpha value is -1.13. The van der Waals surface area contributed by atoms with Crippen molar-refractivity contribution in [1.29, 1.82) is 0 Å². The van der Waals surface area contributed by atoms with E-state index in [0.29, 0.717) is 12.5 Å². The summed E-state index contributed by atoms with van der Waals surface area (Å²) in [6.07, 6.45) is 6.56. The van der Waals surface area contributed by atoms with E-state index in [4.69, 9.17) is 4.74 Å². The summed E-state index contributed by atoms with van der Waals surface area (Å²) < 4.78 is 18.4. The molecule has 0 spiro atoms. The normalized spacial score (nSPS) is 22.2. The van der Waals surface area contributed by atoms with E-state index in [9.17, 15) is 9.50 Å². The van der Waals surface area contributed by atoms with Crippen LogP contribution in [0.15, 0.2) is 18.2 Å². The number of hydrogen-bond acceptors (Lipinski definition) is 3. The molecule has 1 saturated carbocycles. The number of ether oxygens (including phenoxy) is 1. The molecule has 3 nitrogen and oxygen atoms in total. The number of aliphatic hydroxyl groups is 1. The van der Waals surface area contributed by atoms with Crippen molar-refractivity contribution in [3.8, 4) is 5.75 Å². The molecule has 1 fully saturated rings. The minimum absolute atomic E-state index is 0.102. The fourth-order valence-electron chi connectivity index (χ4n) is 3.07. The second kappa shape index (κ2) is 8.35. The van der Waals surface area contributed by atoms with Gasteiger partial charge in [0.15, 0.2) is 11.6 Å². The van der Waals surface area contributed by atoms with Gasteiger partial charge in [-0.05, 0) is 55.8 Å². The number of benzene rings is 1. The fourth-order valence-corrected chi connectivity index (χ4v) is 3.07. The van der Waals surface area contributed by atoms with Crippen LogP contribution in [-0.4, -0.2) is 24.9 Å². The molecule has 0 radical (unpaired) electrons. The topological polar surface area (TPSA) is 41.5 Å². The highest BCUT2D eigenvalue weighted by molar-refractivity contribution is 5.29. The molecule has 1 aromatic carbocycles. The Morgan fingerprint density at radius 3 is 2.86 bits per heavy atom. The Morgan fingerprint density at radius 2 is 2.14 bits per heavy atom. The van der Waals surface area contributed by atoms with E-state index in [1.165, 1.54) is 26.0 Å². The van der Waals surface area contributed by atoms with Crippen LogP contribution in [0.25, 0.3) is 0 Å². The van der Waals surface area contributed by atoms with Gasteiger partial charge in [0.25, 0.3) is 0 Å². The molecular formula is C17H26FNO2. The number of rotatable bonds is 7. The highest BCUT2D eigenvalue weighted by Crippen LogP contribution is 2.27. The van der Waals surface area contributed by atoms with Crippen molar-refractivity contribution < 1.29 is 14.2 Å². The molecule has 2 rings (SSSR count). The van der Waals surface area contributed by atoms with E-state index in [2.05, 4.69) is 5.32 Å². The van der Waals surface area contributed by atoms with E-state index >= 15 is 0 Å². The van der Waals surface area contributed by atoms with Crippen molar-refractivity contribution in [3.63, 3.8) is 0 Å². The van der Waals surface area contributed by atoms with Crippen LogP contribution in [0.3, 0.4) is 0 Å². The molecule has 0 bridgehead atoms. The van der Waals surface area contributed by atoms with Gasteiger partial charge in [-0.15, -0.1) is 0 Å². The molecule has 118 valence electrons. The van der Waals surface area contributed by atoms with E-state index in [1.54, 1.807) is 6.07 Å². The number of nitrogens with one attached hydrogen (secondary N) is 1. The van der Waals surface area contributed by atoms with Crippen LogP contribution in [-0.2, 0) is 6.54 Å². The Labute approximate surface area is 126 Å². The van der Waals surface area contributed by atoms with Crippen molar-refractivity contribution in [2.75, 3.05) is 13.7 Å². The molecule has 0 aromatic heterocycles. The highest BCUT2D eigenvalue weighted by atomic mass is 19.1. The monoisotopic (exact) mass is 295 g/mol. The third kappa shape index (κ3) is 4.97. The lowest BCUT2D eigenvalue weighted by molar-refractivity contribution is 0.0643. The summed E-state index contributed by atoms with van der Waals surface area (Å²) in [5, 5.41) is 13.2. The largest absolute Gasteiger partial charge is 0.494 e. The first-order valence-corrected chi connectivity index (χ1v) is 7.92. The summed E-state index contributed by atoms with van der Waals surface area (Å²) in [5.74, 6) is 0.436. The average Bonchev–Trinajstić information content (AvgIpc) is 2.49. The summed E-state index contributed by atoms with van der Waals surface area (Å²) in [6, 6.07) is 5.04. The van der Waals surface area contributed by atoms with Gasteiger partial charge in [0, 0.05) is 6.54 Å². The first-order chi connectivity index (χ1) is 10.2. The van der Waals surface area contributed by atoms with Gasteiger partial charge < -0.3 is 15.2 Å². The van der Waals surface area contributed by atoms with E-state index in [0.717, 1.165) is 37.8 Å². The maximum Gasteiger partial charge on any atom is 0.165 e. The SMILES string of the molecule is COc1ccc(CNCCCC2CCCCC2O)cc1F. The van der Waals surface area contributed by atoms with Gasteiger partial charge in [-0.25, -0.2) is 4.39 Å². The molecule has 0 saturated heterocycles. The van der Waals surface area contributed by atoms with Crippen LogP contribution in [0.1, 0.15) is 44.1 Å². The van der Waals surface area contributed by atoms with E-state index in [-0.39, 0.29) is 17.7 Å². The van der Waals surface area contributed by atoms with Gasteiger partial charge in [0.05, 0.1) is 13.2 Å². The van der Waals surface area contributed by atoms with Crippen molar-refractivity contribution >= 4 is 0 Å². The van der Waals surface area contributed by atoms with Gasteiger partial charge in [-0.1, -0.05) is 18.9 Å². The maximum absolute atomic E-state index is 13.5. The summed E-state index contributed by atoms with van der Waals surface area (Å²) >= 11 is 0. The van der Waals surface area contributed by atoms with E-state index < -0.39 is 0 Å². The Morgan fingerprint density at radius 1 is 1.33 bits per heavy atom. The molecule has 4 heteroatoms. The zero-order valence-corrected chi connectivity index (χ0v) is 12.8. The first-order valence-electron chi connectivity index (χ1n) is 7.92. The van der Waals surface area contributed by atoms with Crippen LogP contribution < -0.4 is 10.1 Å². The van der Waals surface area contributed by atoms with Gasteiger partial charge in [0.1, 0.15) is 0 Å². The third-order valence-electron chi connectivity index (χ3n) is 4.34. The highest BCUT2D eigenvalue weighted by Gasteiger charge is 2.21. The summed E-state index contributed by atoms with van der Waals surface area (Å²) in [5.41, 5.74) is 0.922. The minimum Gasteiger partial charge on any atom is -0.494 e. The second-order valence-electron chi connectivity index (χ2n) is 5.90. The fraction of sp³-hybridized carbons (Fsp3) is 0.647. The van der Waals surface area contributed by atoms with Crippen molar-refractivity contribution in [1.82, 2.24) is 5.32 Å². The molecule has 2 atom stereocenters. The van der Waals surface area contributed by atoms with Gasteiger partial charge in [-0.3, -0.25) is 0 Å². The molecule has 2 unspecified atom stereocenters. The van der Waals surface area contributed by atoms with Crippen LogP contribution in [0.4, 0.5) is 4.39 Å². The molecule has 2 N–H and O–H groups in total. The van der Waals surface area contributed by atoms with Gasteiger partial charge in [-0.2, -0.15) is 0 Å². The quantitative estimate of drug-likeness (QED) is 0.759. The Kier molecular flexibility index (Phi) is 6.46. The van der Waals surface area contributed by atoms with Gasteiger partial charge >= 0.3 is 0 Å². The van der Waals surface area contributed by atoms with Crippen LogP contribution in [0.2, 0.25) is 0 Å². The van der Waals surface area contributed by atoms with Gasteiger partial charge in [0.2, 0.25) is 0 Å². The summed E-state index contributed by atoms with van der Waals surface area (Å²) in [7, 11) is 1.47. The predicted octanol–water partition coefficient (Wildman–Crippen LogP) is 3.26. The van der Waals surface area contributed by atoms with Crippen molar-refractivity contribution in [3.05, 3.63) is 29.6 Å². The number of methoxy groups -OCH3 is 1. The molecule has 1 aliphatic carbocycles. The van der Waals surface area contributed by atoms with Crippen LogP contribution in [0.5, 0.6) is 5.75 Å². The second-order valence-corrected chi connectivity index (χ2v) is 5.90. The van der Waals surface area contributed by atoms with Crippen molar-refractivity contribution in [2.24, 2.45) is 5.92 Å². The standard InChI is InChI=1S/C17H26FNO2/c1-21-17-9-8-13(11-15(17)18)12-19-10-4-6-14-5-2-3-7-16(14)20/h8-9,11,14,16,19-20H,2-7,10,12H2,1H3. The maximum atomic E-state index is 13.5. The summed E-state index contributed by atoms with van der Waals surface area (Å²) in [6.45, 7) is 1.56. The lowest BCUT2D eigenvalue weighted by atomic mass is 9.83. The Bertz CT molecular complexity index is 439. The lowest BCUT2D eigenvalue weighted by Crippen LogP contribution is -2.25. The molecule has 0 heterocycles. The van der Waals surface area contributed by atoms with Crippen LogP contribution >= 0.6 is 0 Å². The van der Waals surface area contributed by atoms with Crippen LogP contribution in [0, 0.1) is 11.7 Å². The average molecular weight is 295 g/mol. The van der Waals surface area contributed by atoms with E-state index in [1.807, 2.05) is 6.07 Å². The Balaban J connectivity index is 1.64. The number of hydrogen-bond donors (Lipinski definition) is 2.